The van der Waals surface area contributed by atoms with E-state index >= 15 is 0 Å². The van der Waals surface area contributed by atoms with E-state index in [2.05, 4.69) is 33.9 Å². The highest BCUT2D eigenvalue weighted by Gasteiger charge is 2.23. The first-order valence-corrected chi connectivity index (χ1v) is 11.3. The van der Waals surface area contributed by atoms with E-state index in [1.165, 1.54) is 30.2 Å². The Morgan fingerprint density at radius 3 is 2.90 bits per heavy atom. The van der Waals surface area contributed by atoms with Gasteiger partial charge >= 0.3 is 5.97 Å². The van der Waals surface area contributed by atoms with Crippen molar-refractivity contribution in [1.82, 2.24) is 14.8 Å². The number of carbonyl (C=O) groups is 2. The zero-order chi connectivity index (χ0) is 21.0. The van der Waals surface area contributed by atoms with Crippen LogP contribution in [-0.2, 0) is 20.8 Å². The van der Waals surface area contributed by atoms with Crippen LogP contribution in [0.2, 0.25) is 0 Å². The number of rotatable bonds is 8. The minimum Gasteiger partial charge on any atom is -0.465 e. The third-order valence-electron chi connectivity index (χ3n) is 4.52. The molecular weight excluding hydrogens is 412 g/mol. The number of esters is 1. The van der Waals surface area contributed by atoms with Crippen LogP contribution < -0.4 is 5.32 Å². The maximum Gasteiger partial charge on any atom is 0.340 e. The van der Waals surface area contributed by atoms with E-state index < -0.39 is 5.97 Å². The molecule has 1 aliphatic rings. The van der Waals surface area contributed by atoms with Gasteiger partial charge in [-0.05, 0) is 25.8 Å². The van der Waals surface area contributed by atoms with Crippen LogP contribution in [0.25, 0.3) is 0 Å². The Kier molecular flexibility index (Phi) is 7.31. The number of aryl methyl sites for hydroxylation is 1. The van der Waals surface area contributed by atoms with Gasteiger partial charge in [0.05, 0.1) is 31.1 Å². The summed E-state index contributed by atoms with van der Waals surface area (Å²) in [7, 11) is 1.32. The van der Waals surface area contributed by atoms with Gasteiger partial charge in [0.1, 0.15) is 10.8 Å². The highest BCUT2D eigenvalue weighted by atomic mass is 32.2. The molecule has 1 saturated heterocycles. The molecule has 29 heavy (non-hydrogen) atoms. The quantitative estimate of drug-likeness (QED) is 0.498. The largest absolute Gasteiger partial charge is 0.465 e. The normalized spacial score (nSPS) is 16.4. The molecular formula is C19H26N4O4S2. The molecule has 0 aromatic carbocycles. The van der Waals surface area contributed by atoms with Gasteiger partial charge in [0.2, 0.25) is 5.91 Å². The standard InChI is InChI=1S/C19H26N4O4S2/c1-11(2)16-21-22-19(23(16)9-13-6-5-7-27-13)28-10-15(24)20-17-14(18(25)26-4)8-12(3)29-17/h8,11,13H,5-7,9-10H2,1-4H3,(H,20,24). The molecule has 1 aliphatic heterocycles. The van der Waals surface area contributed by atoms with E-state index in [0.717, 1.165) is 30.2 Å². The summed E-state index contributed by atoms with van der Waals surface area (Å²) in [5.74, 6) is 0.614. The number of ether oxygens (including phenoxy) is 2. The van der Waals surface area contributed by atoms with E-state index in [-0.39, 0.29) is 23.7 Å². The molecule has 10 heteroatoms. The Morgan fingerprint density at radius 2 is 2.24 bits per heavy atom. The van der Waals surface area contributed by atoms with E-state index in [4.69, 9.17) is 9.47 Å². The number of hydrogen-bond acceptors (Lipinski definition) is 8. The molecule has 1 amide bonds. The van der Waals surface area contributed by atoms with Crippen LogP contribution in [-0.4, -0.2) is 52.2 Å². The van der Waals surface area contributed by atoms with Gasteiger partial charge in [-0.25, -0.2) is 4.79 Å². The lowest BCUT2D eigenvalue weighted by Gasteiger charge is -2.15. The average molecular weight is 439 g/mol. The lowest BCUT2D eigenvalue weighted by Crippen LogP contribution is -2.19. The Morgan fingerprint density at radius 1 is 1.45 bits per heavy atom. The maximum absolute atomic E-state index is 12.5. The van der Waals surface area contributed by atoms with Crippen LogP contribution in [0.15, 0.2) is 11.2 Å². The molecule has 1 N–H and O–H groups in total. The molecule has 2 aromatic rings. The fourth-order valence-corrected chi connectivity index (χ4v) is 4.83. The van der Waals surface area contributed by atoms with Crippen LogP contribution in [0.5, 0.6) is 0 Å². The number of hydrogen-bond donors (Lipinski definition) is 1. The molecule has 0 spiro atoms. The molecule has 0 saturated carbocycles. The average Bonchev–Trinajstić information content (AvgIpc) is 3.40. The van der Waals surface area contributed by atoms with Crippen molar-refractivity contribution in [3.8, 4) is 0 Å². The Balaban J connectivity index is 1.66. The van der Waals surface area contributed by atoms with Crippen molar-refractivity contribution in [1.29, 1.82) is 0 Å². The first-order chi connectivity index (χ1) is 13.9. The second-order valence-electron chi connectivity index (χ2n) is 7.17. The third-order valence-corrected chi connectivity index (χ3v) is 6.45. The zero-order valence-corrected chi connectivity index (χ0v) is 18.7. The molecule has 3 heterocycles. The van der Waals surface area contributed by atoms with Crippen molar-refractivity contribution in [2.45, 2.75) is 57.3 Å². The molecule has 1 atom stereocenters. The molecule has 8 nitrogen and oxygen atoms in total. The number of carbonyl (C=O) groups excluding carboxylic acids is 2. The van der Waals surface area contributed by atoms with Gasteiger partial charge < -0.3 is 19.4 Å². The van der Waals surface area contributed by atoms with Crippen molar-refractivity contribution in [3.05, 3.63) is 22.3 Å². The number of aromatic nitrogens is 3. The summed E-state index contributed by atoms with van der Waals surface area (Å²) < 4.78 is 12.6. The number of anilines is 1. The Hall–Kier alpha value is -1.91. The van der Waals surface area contributed by atoms with Crippen LogP contribution >= 0.6 is 23.1 Å². The highest BCUT2D eigenvalue weighted by molar-refractivity contribution is 7.99. The van der Waals surface area contributed by atoms with Gasteiger partial charge in [-0.3, -0.25) is 4.79 Å². The smallest absolute Gasteiger partial charge is 0.340 e. The van der Waals surface area contributed by atoms with Gasteiger partial charge in [0.15, 0.2) is 5.16 Å². The van der Waals surface area contributed by atoms with Crippen LogP contribution in [0.1, 0.15) is 53.7 Å². The highest BCUT2D eigenvalue weighted by Crippen LogP contribution is 2.29. The fourth-order valence-electron chi connectivity index (χ4n) is 3.16. The predicted octanol–water partition coefficient (Wildman–Crippen LogP) is 3.47. The van der Waals surface area contributed by atoms with Gasteiger partial charge in [-0.15, -0.1) is 21.5 Å². The van der Waals surface area contributed by atoms with Crippen molar-refractivity contribution in [3.63, 3.8) is 0 Å². The molecule has 3 rings (SSSR count). The van der Waals surface area contributed by atoms with Crippen LogP contribution in [0.3, 0.4) is 0 Å². The molecule has 158 valence electrons. The van der Waals surface area contributed by atoms with Gasteiger partial charge in [0.25, 0.3) is 0 Å². The number of thioether (sulfide) groups is 1. The van der Waals surface area contributed by atoms with Gasteiger partial charge in [-0.1, -0.05) is 25.6 Å². The topological polar surface area (TPSA) is 95.3 Å². The Bertz CT molecular complexity index is 872. The maximum atomic E-state index is 12.5. The summed E-state index contributed by atoms with van der Waals surface area (Å²) in [5.41, 5.74) is 0.372. The molecule has 1 unspecified atom stereocenters. The van der Waals surface area contributed by atoms with Crippen LogP contribution in [0, 0.1) is 6.92 Å². The predicted molar refractivity (Wildman–Crippen MR) is 113 cm³/mol. The van der Waals surface area contributed by atoms with Crippen molar-refractivity contribution in [2.24, 2.45) is 0 Å². The minimum atomic E-state index is -0.463. The van der Waals surface area contributed by atoms with Gasteiger partial charge in [-0.2, -0.15) is 0 Å². The second kappa shape index (κ2) is 9.73. The molecule has 2 aromatic heterocycles. The summed E-state index contributed by atoms with van der Waals surface area (Å²) in [6.45, 7) is 7.51. The molecule has 0 aliphatic carbocycles. The number of thiophene rings is 1. The van der Waals surface area contributed by atoms with E-state index in [9.17, 15) is 9.59 Å². The second-order valence-corrected chi connectivity index (χ2v) is 9.37. The SMILES string of the molecule is COC(=O)c1cc(C)sc1NC(=O)CSc1nnc(C(C)C)n1CC1CCCO1. The summed E-state index contributed by atoms with van der Waals surface area (Å²) in [6, 6.07) is 1.71. The van der Waals surface area contributed by atoms with E-state index in [1.807, 2.05) is 6.92 Å². The van der Waals surface area contributed by atoms with E-state index in [0.29, 0.717) is 22.3 Å². The van der Waals surface area contributed by atoms with E-state index in [1.54, 1.807) is 6.07 Å². The molecule has 0 bridgehead atoms. The first kappa shape index (κ1) is 21.8. The monoisotopic (exact) mass is 438 g/mol. The summed E-state index contributed by atoms with van der Waals surface area (Å²) in [4.78, 5) is 25.3. The number of nitrogens with zero attached hydrogens (tertiary/aromatic N) is 3. The van der Waals surface area contributed by atoms with Crippen molar-refractivity contribution < 1.29 is 19.1 Å². The number of nitrogens with one attached hydrogen (secondary N) is 1. The molecule has 1 fully saturated rings. The zero-order valence-electron chi connectivity index (χ0n) is 17.1. The number of methoxy groups -OCH3 is 1. The lowest BCUT2D eigenvalue weighted by molar-refractivity contribution is -0.113. The molecule has 0 radical (unpaired) electrons. The third kappa shape index (κ3) is 5.37. The first-order valence-electron chi connectivity index (χ1n) is 9.55. The summed E-state index contributed by atoms with van der Waals surface area (Å²) in [5, 5.41) is 12.6. The van der Waals surface area contributed by atoms with Crippen molar-refractivity contribution >= 4 is 40.0 Å². The fraction of sp³-hybridized carbons (Fsp3) is 0.579. The Labute approximate surface area is 178 Å². The number of amides is 1. The summed E-state index contributed by atoms with van der Waals surface area (Å²) >= 11 is 2.68. The van der Waals surface area contributed by atoms with Crippen molar-refractivity contribution in [2.75, 3.05) is 24.8 Å². The minimum absolute atomic E-state index is 0.161. The summed E-state index contributed by atoms with van der Waals surface area (Å²) in [6.07, 6.45) is 2.25. The van der Waals surface area contributed by atoms with Gasteiger partial charge in [0, 0.05) is 17.4 Å². The van der Waals surface area contributed by atoms with Crippen LogP contribution in [0.4, 0.5) is 5.00 Å². The lowest BCUT2D eigenvalue weighted by atomic mass is 10.2.